The third-order valence-corrected chi connectivity index (χ3v) is 2.77. The molecule has 0 amide bonds. The first-order valence-electron chi connectivity index (χ1n) is 6.18. The highest BCUT2D eigenvalue weighted by molar-refractivity contribution is 5.28. The van der Waals surface area contributed by atoms with Gasteiger partial charge in [-0.25, -0.2) is 0 Å². The maximum absolute atomic E-state index is 5.73. The van der Waals surface area contributed by atoms with Crippen LogP contribution in [-0.4, -0.2) is 4.98 Å². The molecule has 0 aliphatic heterocycles. The van der Waals surface area contributed by atoms with Gasteiger partial charge in [-0.05, 0) is 36.2 Å². The Kier molecular flexibility index (Phi) is 4.31. The lowest BCUT2D eigenvalue weighted by Crippen LogP contribution is -2.04. The molecule has 1 aromatic carbocycles. The van der Waals surface area contributed by atoms with Crippen molar-refractivity contribution in [1.82, 2.24) is 4.98 Å². The summed E-state index contributed by atoms with van der Waals surface area (Å²) >= 11 is 0. The van der Waals surface area contributed by atoms with Gasteiger partial charge in [-0.2, -0.15) is 0 Å². The van der Waals surface area contributed by atoms with Crippen LogP contribution in [0.3, 0.4) is 0 Å². The molecule has 0 atom stereocenters. The van der Waals surface area contributed by atoms with Gasteiger partial charge in [0, 0.05) is 6.54 Å². The fraction of sp³-hybridized carbons (Fsp3) is 0.267. The van der Waals surface area contributed by atoms with Crippen molar-refractivity contribution in [3.05, 3.63) is 59.4 Å². The number of aromatic nitrogens is 1. The minimum atomic E-state index is 0.457. The van der Waals surface area contributed by atoms with Gasteiger partial charge in [-0.1, -0.05) is 25.1 Å². The molecule has 0 aliphatic carbocycles. The van der Waals surface area contributed by atoms with E-state index in [-0.39, 0.29) is 0 Å². The minimum Gasteiger partial charge on any atom is -0.487 e. The molecule has 3 heteroatoms. The summed E-state index contributed by atoms with van der Waals surface area (Å²) in [6, 6.07) is 14.0. The lowest BCUT2D eigenvalue weighted by Gasteiger charge is -2.07. The number of nitrogens with zero attached hydrogens (tertiary/aromatic N) is 1. The standard InChI is InChI=1S/C15H18N2O/c1-2-12-5-3-8-15(9-12)18-11-14-7-4-6-13(10-16)17-14/h3-9H,2,10-11,16H2,1H3. The predicted molar refractivity (Wildman–Crippen MR) is 72.3 cm³/mol. The van der Waals surface area contributed by atoms with Crippen molar-refractivity contribution in [2.75, 3.05) is 0 Å². The second-order valence-electron chi connectivity index (χ2n) is 4.11. The molecule has 0 saturated heterocycles. The van der Waals surface area contributed by atoms with Gasteiger partial charge >= 0.3 is 0 Å². The van der Waals surface area contributed by atoms with E-state index in [1.54, 1.807) is 0 Å². The van der Waals surface area contributed by atoms with Gasteiger partial charge in [0.2, 0.25) is 0 Å². The summed E-state index contributed by atoms with van der Waals surface area (Å²) in [6.07, 6.45) is 1.01. The number of benzene rings is 1. The first-order chi connectivity index (χ1) is 8.81. The number of hydrogen-bond donors (Lipinski definition) is 1. The summed E-state index contributed by atoms with van der Waals surface area (Å²) in [6.45, 7) is 3.06. The molecule has 0 aliphatic rings. The van der Waals surface area contributed by atoms with E-state index < -0.39 is 0 Å². The maximum Gasteiger partial charge on any atom is 0.130 e. The summed E-state index contributed by atoms with van der Waals surface area (Å²) in [4.78, 5) is 4.40. The van der Waals surface area contributed by atoms with E-state index in [1.165, 1.54) is 5.56 Å². The monoisotopic (exact) mass is 242 g/mol. The third-order valence-electron chi connectivity index (χ3n) is 2.77. The molecular formula is C15H18N2O. The zero-order valence-corrected chi connectivity index (χ0v) is 10.6. The van der Waals surface area contributed by atoms with E-state index in [0.717, 1.165) is 23.6 Å². The number of ether oxygens (including phenoxy) is 1. The fourth-order valence-corrected chi connectivity index (χ4v) is 1.74. The summed E-state index contributed by atoms with van der Waals surface area (Å²) in [5.74, 6) is 0.884. The molecular weight excluding hydrogens is 224 g/mol. The van der Waals surface area contributed by atoms with Crippen LogP contribution in [0, 0.1) is 0 Å². The van der Waals surface area contributed by atoms with E-state index in [2.05, 4.69) is 24.0 Å². The van der Waals surface area contributed by atoms with E-state index >= 15 is 0 Å². The quantitative estimate of drug-likeness (QED) is 0.877. The van der Waals surface area contributed by atoms with Crippen molar-refractivity contribution in [1.29, 1.82) is 0 Å². The molecule has 0 spiro atoms. The normalized spacial score (nSPS) is 10.3. The van der Waals surface area contributed by atoms with Crippen molar-refractivity contribution >= 4 is 0 Å². The smallest absolute Gasteiger partial charge is 0.130 e. The lowest BCUT2D eigenvalue weighted by atomic mass is 10.2. The Morgan fingerprint density at radius 2 is 1.89 bits per heavy atom. The number of aryl methyl sites for hydroxylation is 1. The minimum absolute atomic E-state index is 0.457. The Hall–Kier alpha value is -1.87. The second kappa shape index (κ2) is 6.17. The number of nitrogens with two attached hydrogens (primary N) is 1. The molecule has 0 fully saturated rings. The average molecular weight is 242 g/mol. The van der Waals surface area contributed by atoms with Crippen molar-refractivity contribution in [3.63, 3.8) is 0 Å². The number of hydrogen-bond acceptors (Lipinski definition) is 3. The largest absolute Gasteiger partial charge is 0.487 e. The van der Waals surface area contributed by atoms with E-state index in [4.69, 9.17) is 10.5 Å². The van der Waals surface area contributed by atoms with E-state index in [9.17, 15) is 0 Å². The Bertz CT molecular complexity index is 464. The zero-order valence-electron chi connectivity index (χ0n) is 10.6. The molecule has 0 radical (unpaired) electrons. The Balaban J connectivity index is 2.01. The van der Waals surface area contributed by atoms with Gasteiger partial charge in [0.05, 0.1) is 11.4 Å². The Morgan fingerprint density at radius 1 is 1.11 bits per heavy atom. The first kappa shape index (κ1) is 12.6. The highest BCUT2D eigenvalue weighted by Crippen LogP contribution is 2.15. The molecule has 2 aromatic rings. The van der Waals surface area contributed by atoms with Gasteiger partial charge in [0.25, 0.3) is 0 Å². The van der Waals surface area contributed by atoms with Crippen LogP contribution in [0.25, 0.3) is 0 Å². The van der Waals surface area contributed by atoms with Gasteiger partial charge < -0.3 is 10.5 Å². The van der Waals surface area contributed by atoms with Gasteiger partial charge in [0.15, 0.2) is 0 Å². The Morgan fingerprint density at radius 3 is 2.67 bits per heavy atom. The van der Waals surface area contributed by atoms with Crippen LogP contribution in [0.5, 0.6) is 5.75 Å². The Labute approximate surface area is 108 Å². The van der Waals surface area contributed by atoms with Crippen molar-refractivity contribution in [2.24, 2.45) is 5.73 Å². The third kappa shape index (κ3) is 3.31. The molecule has 0 unspecified atom stereocenters. The van der Waals surface area contributed by atoms with E-state index in [0.29, 0.717) is 13.2 Å². The molecule has 1 aromatic heterocycles. The van der Waals surface area contributed by atoms with Crippen LogP contribution < -0.4 is 10.5 Å². The summed E-state index contributed by atoms with van der Waals surface area (Å²) in [5, 5.41) is 0. The van der Waals surface area contributed by atoms with Crippen LogP contribution in [0.1, 0.15) is 23.9 Å². The van der Waals surface area contributed by atoms with Gasteiger partial charge in [0.1, 0.15) is 12.4 Å². The van der Waals surface area contributed by atoms with Crippen LogP contribution in [-0.2, 0) is 19.6 Å². The van der Waals surface area contributed by atoms with Gasteiger partial charge in [-0.3, -0.25) is 4.98 Å². The van der Waals surface area contributed by atoms with Crippen LogP contribution in [0.15, 0.2) is 42.5 Å². The van der Waals surface area contributed by atoms with Gasteiger partial charge in [-0.15, -0.1) is 0 Å². The molecule has 94 valence electrons. The topological polar surface area (TPSA) is 48.1 Å². The maximum atomic E-state index is 5.73. The van der Waals surface area contributed by atoms with Crippen LogP contribution in [0.4, 0.5) is 0 Å². The first-order valence-corrected chi connectivity index (χ1v) is 6.18. The molecule has 1 heterocycles. The molecule has 0 bridgehead atoms. The average Bonchev–Trinajstić information content (AvgIpc) is 2.45. The van der Waals surface area contributed by atoms with Crippen LogP contribution in [0.2, 0.25) is 0 Å². The zero-order chi connectivity index (χ0) is 12.8. The van der Waals surface area contributed by atoms with E-state index in [1.807, 2.05) is 30.3 Å². The SMILES string of the molecule is CCc1cccc(OCc2cccc(CN)n2)c1. The molecule has 2 rings (SSSR count). The molecule has 3 nitrogen and oxygen atoms in total. The summed E-state index contributed by atoms with van der Waals surface area (Å²) in [7, 11) is 0. The fourth-order valence-electron chi connectivity index (χ4n) is 1.74. The second-order valence-corrected chi connectivity index (χ2v) is 4.11. The number of pyridine rings is 1. The highest BCUT2D eigenvalue weighted by Gasteiger charge is 1.99. The van der Waals surface area contributed by atoms with Crippen LogP contribution >= 0.6 is 0 Å². The number of rotatable bonds is 5. The summed E-state index contributed by atoms with van der Waals surface area (Å²) < 4.78 is 5.73. The highest BCUT2D eigenvalue weighted by atomic mass is 16.5. The lowest BCUT2D eigenvalue weighted by molar-refractivity contribution is 0.300. The molecule has 0 saturated carbocycles. The summed E-state index contributed by atoms with van der Waals surface area (Å²) in [5.41, 5.74) is 8.62. The van der Waals surface area contributed by atoms with Crippen molar-refractivity contribution < 1.29 is 4.74 Å². The predicted octanol–water partition coefficient (Wildman–Crippen LogP) is 2.68. The van der Waals surface area contributed by atoms with Crippen molar-refractivity contribution in [3.8, 4) is 5.75 Å². The molecule has 2 N–H and O–H groups in total. The molecule has 18 heavy (non-hydrogen) atoms. The van der Waals surface area contributed by atoms with Crippen molar-refractivity contribution in [2.45, 2.75) is 26.5 Å².